The van der Waals surface area contributed by atoms with Gasteiger partial charge >= 0.3 is 0 Å². The Morgan fingerprint density at radius 3 is 2.20 bits per heavy atom. The number of rotatable bonds is 6. The minimum absolute atomic E-state index is 0.178. The third-order valence-corrected chi connectivity index (χ3v) is 7.58. The number of hydrogen-bond donors (Lipinski definition) is 0. The molecule has 1 atom stereocenters. The van der Waals surface area contributed by atoms with Crippen molar-refractivity contribution < 1.29 is 17.8 Å². The van der Waals surface area contributed by atoms with Crippen LogP contribution >= 0.6 is 0 Å². The maximum Gasteiger partial charge on any atom is 0.181 e. The summed E-state index contributed by atoms with van der Waals surface area (Å²) in [6, 6.07) is 5.78. The summed E-state index contributed by atoms with van der Waals surface area (Å²) in [6.45, 7) is 3.91. The van der Waals surface area contributed by atoms with Crippen molar-refractivity contribution >= 4 is 26.8 Å². The van der Waals surface area contributed by atoms with Crippen molar-refractivity contribution in [1.29, 1.82) is 0 Å². The van der Waals surface area contributed by atoms with Gasteiger partial charge in [0, 0.05) is 6.42 Å². The van der Waals surface area contributed by atoms with E-state index in [9.17, 15) is 17.8 Å². The van der Waals surface area contributed by atoms with E-state index in [1.54, 1.807) is 12.1 Å². The molecule has 0 aliphatic heterocycles. The highest BCUT2D eigenvalue weighted by Crippen LogP contribution is 2.24. The van der Waals surface area contributed by atoms with Gasteiger partial charge in [-0.15, -0.1) is 0 Å². The number of hydrogen-bond acceptors (Lipinski definition) is 4. The van der Waals surface area contributed by atoms with Crippen molar-refractivity contribution in [2.75, 3.05) is 12.0 Å². The first kappa shape index (κ1) is 22.2. The van der Waals surface area contributed by atoms with Crippen molar-refractivity contribution in [3.63, 3.8) is 0 Å². The van der Waals surface area contributed by atoms with Gasteiger partial charge in [0.25, 0.3) is 0 Å². The molecule has 142 valence electrons. The number of benzene rings is 1. The van der Waals surface area contributed by atoms with Crippen LogP contribution in [0.1, 0.15) is 57.4 Å². The fourth-order valence-corrected chi connectivity index (χ4v) is 5.39. The molecule has 0 heterocycles. The molecular formula is C19H30O4S2. The molecule has 0 bridgehead atoms. The van der Waals surface area contributed by atoms with Gasteiger partial charge in [0.05, 0.1) is 11.2 Å². The van der Waals surface area contributed by atoms with Gasteiger partial charge in [0.15, 0.2) is 11.5 Å². The van der Waals surface area contributed by atoms with Crippen LogP contribution in [0, 0.1) is 6.92 Å². The van der Waals surface area contributed by atoms with E-state index in [2.05, 4.69) is 13.2 Å². The van der Waals surface area contributed by atoms with Crippen molar-refractivity contribution in [2.45, 2.75) is 68.9 Å². The van der Waals surface area contributed by atoms with Crippen LogP contribution in [0.25, 0.3) is 0 Å². The van der Waals surface area contributed by atoms with Crippen LogP contribution in [0.15, 0.2) is 29.2 Å². The molecule has 2 rings (SSSR count). The summed E-state index contributed by atoms with van der Waals surface area (Å²) in [5, 5.41) is 0.865. The Morgan fingerprint density at radius 2 is 1.72 bits per heavy atom. The lowest BCUT2D eigenvalue weighted by Gasteiger charge is -2.20. The Morgan fingerprint density at radius 1 is 1.16 bits per heavy atom. The van der Waals surface area contributed by atoms with Gasteiger partial charge in [-0.05, 0) is 62.1 Å². The van der Waals surface area contributed by atoms with Crippen LogP contribution in [0.2, 0.25) is 0 Å². The van der Waals surface area contributed by atoms with Crippen molar-refractivity contribution in [3.05, 3.63) is 29.8 Å². The summed E-state index contributed by atoms with van der Waals surface area (Å²) < 4.78 is 31.2. The van der Waals surface area contributed by atoms with Gasteiger partial charge in [0.1, 0.15) is 15.4 Å². The van der Waals surface area contributed by atoms with Gasteiger partial charge in [-0.2, -0.15) is 0 Å². The number of carbonyl (C=O) groups excluding carboxylic acids is 1. The zero-order chi connectivity index (χ0) is 18.9. The Labute approximate surface area is 155 Å². The van der Waals surface area contributed by atoms with Crippen LogP contribution in [0.5, 0.6) is 0 Å². The minimum Gasteiger partial charge on any atom is -0.744 e. The summed E-state index contributed by atoms with van der Waals surface area (Å²) in [7, 11) is -3.91. The molecule has 0 spiro atoms. The largest absolute Gasteiger partial charge is 0.744 e. The predicted molar refractivity (Wildman–Crippen MR) is 104 cm³/mol. The lowest BCUT2D eigenvalue weighted by molar-refractivity contribution is -0.116. The first-order valence-corrected chi connectivity index (χ1v) is 12.2. The normalized spacial score (nSPS) is 16.6. The molecule has 1 unspecified atom stereocenters. The summed E-state index contributed by atoms with van der Waals surface area (Å²) in [5.41, 5.74) is 0.928. The molecule has 4 nitrogen and oxygen atoms in total. The standard InChI is InChI=1S/C12H23OS.C7H8O3S/c1-3-7-11(13)10-14(2)12-8-5-4-6-9-12;1-6-2-4-7(5-3-6)11(8,9)10/h12H,3-10H2,1-2H3;2-5H,1H3,(H,8,9,10)/q+1;/p-1. The fourth-order valence-electron chi connectivity index (χ4n) is 2.90. The van der Waals surface area contributed by atoms with Crippen molar-refractivity contribution in [1.82, 2.24) is 0 Å². The Balaban J connectivity index is 0.000000257. The molecule has 1 aromatic carbocycles. The van der Waals surface area contributed by atoms with Crippen molar-refractivity contribution in [3.8, 4) is 0 Å². The monoisotopic (exact) mass is 386 g/mol. The maximum atomic E-state index is 11.5. The lowest BCUT2D eigenvalue weighted by atomic mass is 10.0. The Kier molecular flexibility index (Phi) is 9.75. The highest BCUT2D eigenvalue weighted by molar-refractivity contribution is 7.97. The SMILES string of the molecule is CCCC(=O)C[S+](C)C1CCCCC1.Cc1ccc(S(=O)(=O)[O-])cc1. The average Bonchev–Trinajstić information content (AvgIpc) is 2.56. The van der Waals surface area contributed by atoms with Gasteiger partial charge in [-0.25, -0.2) is 8.42 Å². The second kappa shape index (κ2) is 11.0. The van der Waals surface area contributed by atoms with Gasteiger partial charge in [0.2, 0.25) is 0 Å². The average molecular weight is 387 g/mol. The highest BCUT2D eigenvalue weighted by atomic mass is 32.2. The van der Waals surface area contributed by atoms with Crippen LogP contribution in [0.4, 0.5) is 0 Å². The van der Waals surface area contributed by atoms with Crippen LogP contribution in [-0.2, 0) is 25.8 Å². The summed E-state index contributed by atoms with van der Waals surface area (Å²) in [5.74, 6) is 1.35. The van der Waals surface area contributed by atoms with E-state index in [0.717, 1.165) is 29.4 Å². The smallest absolute Gasteiger partial charge is 0.181 e. The molecule has 1 fully saturated rings. The fraction of sp³-hybridized carbons (Fsp3) is 0.632. The zero-order valence-electron chi connectivity index (χ0n) is 15.5. The van der Waals surface area contributed by atoms with E-state index in [4.69, 9.17) is 0 Å². The van der Waals surface area contributed by atoms with Crippen LogP contribution < -0.4 is 0 Å². The third-order valence-electron chi connectivity index (χ3n) is 4.35. The third kappa shape index (κ3) is 8.88. The van der Waals surface area contributed by atoms with E-state index >= 15 is 0 Å². The number of ketones is 1. The topological polar surface area (TPSA) is 74.3 Å². The van der Waals surface area contributed by atoms with E-state index in [0.29, 0.717) is 16.7 Å². The number of aryl methyl sites for hydroxylation is 1. The van der Waals surface area contributed by atoms with E-state index in [1.807, 2.05) is 6.92 Å². The summed E-state index contributed by atoms with van der Waals surface area (Å²) in [6.07, 6.45) is 11.1. The second-order valence-corrected chi connectivity index (χ2v) is 10.4. The molecule has 1 aliphatic carbocycles. The summed E-state index contributed by atoms with van der Waals surface area (Å²) in [4.78, 5) is 11.3. The van der Waals surface area contributed by atoms with E-state index in [-0.39, 0.29) is 4.90 Å². The molecule has 0 saturated heterocycles. The molecule has 1 saturated carbocycles. The molecule has 1 aromatic rings. The van der Waals surface area contributed by atoms with E-state index in [1.165, 1.54) is 44.2 Å². The molecule has 25 heavy (non-hydrogen) atoms. The van der Waals surface area contributed by atoms with Crippen LogP contribution in [0.3, 0.4) is 0 Å². The highest BCUT2D eigenvalue weighted by Gasteiger charge is 2.29. The number of Topliss-reactive ketones (excluding diaryl/α,β-unsaturated/α-hetero) is 1. The molecule has 0 N–H and O–H groups in total. The number of carbonyl (C=O) groups is 1. The molecule has 0 amide bonds. The quantitative estimate of drug-likeness (QED) is 0.550. The predicted octanol–water partition coefficient (Wildman–Crippen LogP) is 3.84. The molecule has 0 aromatic heterocycles. The van der Waals surface area contributed by atoms with E-state index < -0.39 is 10.1 Å². The lowest BCUT2D eigenvalue weighted by Crippen LogP contribution is -2.28. The maximum absolute atomic E-state index is 11.5. The molecule has 6 heteroatoms. The van der Waals surface area contributed by atoms with Gasteiger partial charge in [-0.1, -0.05) is 31.0 Å². The van der Waals surface area contributed by atoms with Gasteiger partial charge < -0.3 is 4.55 Å². The van der Waals surface area contributed by atoms with Crippen molar-refractivity contribution in [2.24, 2.45) is 0 Å². The van der Waals surface area contributed by atoms with Gasteiger partial charge in [-0.3, -0.25) is 4.79 Å². The summed E-state index contributed by atoms with van der Waals surface area (Å²) >= 11 is 0. The zero-order valence-corrected chi connectivity index (χ0v) is 17.1. The second-order valence-electron chi connectivity index (χ2n) is 6.65. The molecule has 0 radical (unpaired) electrons. The Bertz CT molecular complexity index is 617. The molecular weight excluding hydrogens is 356 g/mol. The first-order valence-electron chi connectivity index (χ1n) is 8.89. The Hall–Kier alpha value is -0.850. The minimum atomic E-state index is -4.27. The van der Waals surface area contributed by atoms with Crippen LogP contribution in [-0.4, -0.2) is 36.0 Å². The first-order chi connectivity index (χ1) is 11.7. The molecule has 1 aliphatic rings.